The number of nitrogens with zero attached hydrogens (tertiary/aromatic N) is 2. The average Bonchev–Trinajstić information content (AvgIpc) is 2.74. The van der Waals surface area contributed by atoms with Gasteiger partial charge in [0.1, 0.15) is 5.60 Å². The van der Waals surface area contributed by atoms with E-state index in [-0.39, 0.29) is 24.2 Å². The van der Waals surface area contributed by atoms with Crippen LogP contribution in [0.1, 0.15) is 32.8 Å². The Kier molecular flexibility index (Phi) is 4.80. The fourth-order valence-electron chi connectivity index (χ4n) is 3.79. The number of benzene rings is 1. The Morgan fingerprint density at radius 1 is 1.29 bits per heavy atom. The molecule has 6 nitrogen and oxygen atoms in total. The van der Waals surface area contributed by atoms with Crippen LogP contribution in [0.2, 0.25) is 0 Å². The molecule has 0 aromatic heterocycles. The third kappa shape index (κ3) is 3.71. The molecule has 3 N–H and O–H groups in total. The zero-order valence-corrected chi connectivity index (χ0v) is 14.7. The number of nitrogens with one attached hydrogen (secondary N) is 1. The minimum Gasteiger partial charge on any atom is -0.444 e. The molecule has 3 atom stereocenters. The fraction of sp³-hybridized carbons (Fsp3) is 0.611. The molecular formula is C18H28N4O2. The molecule has 2 aliphatic heterocycles. The number of likely N-dealkylation sites (tertiary alicyclic amines) is 1. The Hall–Kier alpha value is -1.63. The number of piperazine rings is 1. The number of fused-ring (bicyclic) bond motifs is 2. The van der Waals surface area contributed by atoms with Gasteiger partial charge in [0.05, 0.1) is 6.04 Å². The second-order valence-electron chi connectivity index (χ2n) is 7.80. The minimum absolute atomic E-state index is 0.0484. The third-order valence-corrected chi connectivity index (χ3v) is 4.72. The van der Waals surface area contributed by atoms with Crippen molar-refractivity contribution < 1.29 is 9.53 Å². The second kappa shape index (κ2) is 6.70. The molecule has 1 aromatic rings. The largest absolute Gasteiger partial charge is 0.444 e. The van der Waals surface area contributed by atoms with Crippen molar-refractivity contribution in [2.45, 2.75) is 57.5 Å². The predicted octanol–water partition coefficient (Wildman–Crippen LogP) is 1.71. The Bertz CT molecular complexity index is 572. The van der Waals surface area contributed by atoms with E-state index in [2.05, 4.69) is 34.6 Å². The van der Waals surface area contributed by atoms with Crippen LogP contribution in [0.15, 0.2) is 30.3 Å². The lowest BCUT2D eigenvalue weighted by Crippen LogP contribution is -2.59. The van der Waals surface area contributed by atoms with Gasteiger partial charge in [0.2, 0.25) is 0 Å². The molecule has 0 radical (unpaired) electrons. The van der Waals surface area contributed by atoms with Gasteiger partial charge in [-0.15, -0.1) is 0 Å². The SMILES string of the molecule is CC(C)(C)OC(=O)N1[C@@H]2C[C@@H](NN)[C@H]1CN(Cc1ccccc1)C2. The normalized spacial score (nSPS) is 27.3. The molecule has 0 spiro atoms. The van der Waals surface area contributed by atoms with E-state index in [1.165, 1.54) is 5.56 Å². The molecule has 2 aliphatic rings. The summed E-state index contributed by atoms with van der Waals surface area (Å²) in [5.41, 5.74) is 3.70. The van der Waals surface area contributed by atoms with Crippen LogP contribution in [0.25, 0.3) is 0 Å². The Balaban J connectivity index is 1.71. The summed E-state index contributed by atoms with van der Waals surface area (Å²) in [5.74, 6) is 5.73. The zero-order chi connectivity index (χ0) is 17.3. The van der Waals surface area contributed by atoms with Crippen LogP contribution in [0.4, 0.5) is 4.79 Å². The molecule has 2 fully saturated rings. The van der Waals surface area contributed by atoms with E-state index in [1.54, 1.807) is 0 Å². The summed E-state index contributed by atoms with van der Waals surface area (Å²) in [6.07, 6.45) is 0.640. The van der Waals surface area contributed by atoms with Crippen molar-refractivity contribution in [3.8, 4) is 0 Å². The summed E-state index contributed by atoms with van der Waals surface area (Å²) in [5, 5.41) is 0. The molecule has 2 bridgehead atoms. The minimum atomic E-state index is -0.483. The molecule has 132 valence electrons. The molecule has 0 unspecified atom stereocenters. The van der Waals surface area contributed by atoms with Crippen LogP contribution in [0, 0.1) is 0 Å². The molecule has 1 amide bonds. The van der Waals surface area contributed by atoms with Crippen LogP contribution < -0.4 is 11.3 Å². The first kappa shape index (κ1) is 17.2. The number of hydrazine groups is 1. The van der Waals surface area contributed by atoms with Crippen LogP contribution in [0.3, 0.4) is 0 Å². The summed E-state index contributed by atoms with van der Waals surface area (Å²) in [7, 11) is 0. The first-order chi connectivity index (χ1) is 11.4. The number of carbonyl (C=O) groups excluding carboxylic acids is 1. The Labute approximate surface area is 143 Å². The van der Waals surface area contributed by atoms with E-state index in [4.69, 9.17) is 10.6 Å². The van der Waals surface area contributed by atoms with Crippen LogP contribution in [-0.4, -0.2) is 52.7 Å². The number of rotatable bonds is 3. The molecule has 6 heteroatoms. The van der Waals surface area contributed by atoms with Gasteiger partial charge in [0.25, 0.3) is 0 Å². The van der Waals surface area contributed by atoms with Gasteiger partial charge in [-0.25, -0.2) is 4.79 Å². The van der Waals surface area contributed by atoms with Crippen molar-refractivity contribution in [2.24, 2.45) is 5.84 Å². The summed E-state index contributed by atoms with van der Waals surface area (Å²) < 4.78 is 5.60. The van der Waals surface area contributed by atoms with Gasteiger partial charge in [-0.1, -0.05) is 30.3 Å². The molecule has 2 saturated heterocycles. The van der Waals surface area contributed by atoms with Crippen molar-refractivity contribution in [2.75, 3.05) is 13.1 Å². The van der Waals surface area contributed by atoms with Gasteiger partial charge in [0.15, 0.2) is 0 Å². The van der Waals surface area contributed by atoms with E-state index >= 15 is 0 Å². The van der Waals surface area contributed by atoms with E-state index in [1.807, 2.05) is 31.7 Å². The average molecular weight is 332 g/mol. The molecule has 24 heavy (non-hydrogen) atoms. The fourth-order valence-corrected chi connectivity index (χ4v) is 3.79. The molecule has 3 rings (SSSR count). The third-order valence-electron chi connectivity index (χ3n) is 4.72. The number of hydrogen-bond acceptors (Lipinski definition) is 5. The van der Waals surface area contributed by atoms with Crippen LogP contribution in [-0.2, 0) is 11.3 Å². The maximum absolute atomic E-state index is 12.6. The summed E-state index contributed by atoms with van der Waals surface area (Å²) >= 11 is 0. The highest BCUT2D eigenvalue weighted by Gasteiger charge is 2.49. The van der Waals surface area contributed by atoms with Crippen LogP contribution in [0.5, 0.6) is 0 Å². The Morgan fingerprint density at radius 3 is 2.62 bits per heavy atom. The van der Waals surface area contributed by atoms with Gasteiger partial charge in [-0.2, -0.15) is 0 Å². The zero-order valence-electron chi connectivity index (χ0n) is 14.7. The van der Waals surface area contributed by atoms with Crippen molar-refractivity contribution in [3.63, 3.8) is 0 Å². The first-order valence-corrected chi connectivity index (χ1v) is 8.61. The lowest BCUT2D eigenvalue weighted by atomic mass is 10.1. The number of carbonyl (C=O) groups is 1. The van der Waals surface area contributed by atoms with Gasteiger partial charge < -0.3 is 4.74 Å². The maximum Gasteiger partial charge on any atom is 0.410 e. The topological polar surface area (TPSA) is 70.8 Å². The van der Waals surface area contributed by atoms with E-state index in [0.29, 0.717) is 0 Å². The summed E-state index contributed by atoms with van der Waals surface area (Å²) in [6, 6.07) is 10.7. The smallest absolute Gasteiger partial charge is 0.410 e. The van der Waals surface area contributed by atoms with Crippen molar-refractivity contribution in [3.05, 3.63) is 35.9 Å². The van der Waals surface area contributed by atoms with E-state index in [0.717, 1.165) is 26.1 Å². The molecule has 0 saturated carbocycles. The molecule has 1 aromatic carbocycles. The van der Waals surface area contributed by atoms with Crippen molar-refractivity contribution in [1.29, 1.82) is 0 Å². The van der Waals surface area contributed by atoms with Crippen molar-refractivity contribution >= 4 is 6.09 Å². The standard InChI is InChI=1S/C18H28N4O2/c1-18(2,3)24-17(23)22-14-9-15(20-19)16(22)12-21(11-14)10-13-7-5-4-6-8-13/h4-8,14-16,20H,9-12,19H2,1-3H3/t14-,15-,16-/m1/s1. The monoisotopic (exact) mass is 332 g/mol. The molecule has 0 aliphatic carbocycles. The highest BCUT2D eigenvalue weighted by Crippen LogP contribution is 2.32. The van der Waals surface area contributed by atoms with E-state index in [9.17, 15) is 4.79 Å². The number of ether oxygens (including phenoxy) is 1. The number of hydrogen-bond donors (Lipinski definition) is 2. The second-order valence-corrected chi connectivity index (χ2v) is 7.80. The van der Waals surface area contributed by atoms with Gasteiger partial charge in [0, 0.05) is 31.7 Å². The number of amides is 1. The van der Waals surface area contributed by atoms with Gasteiger partial charge in [-0.05, 0) is 32.8 Å². The number of nitrogens with two attached hydrogens (primary N) is 1. The summed E-state index contributed by atoms with van der Waals surface area (Å²) in [4.78, 5) is 16.9. The van der Waals surface area contributed by atoms with Crippen LogP contribution >= 0.6 is 0 Å². The van der Waals surface area contributed by atoms with Gasteiger partial charge in [-0.3, -0.25) is 21.1 Å². The first-order valence-electron chi connectivity index (χ1n) is 8.61. The maximum atomic E-state index is 12.6. The Morgan fingerprint density at radius 2 is 2.00 bits per heavy atom. The highest BCUT2D eigenvalue weighted by molar-refractivity contribution is 5.70. The molecular weight excluding hydrogens is 304 g/mol. The van der Waals surface area contributed by atoms with Gasteiger partial charge >= 0.3 is 6.09 Å². The summed E-state index contributed by atoms with van der Waals surface area (Å²) in [6.45, 7) is 8.25. The highest BCUT2D eigenvalue weighted by atomic mass is 16.6. The van der Waals surface area contributed by atoms with E-state index < -0.39 is 5.60 Å². The lowest BCUT2D eigenvalue weighted by molar-refractivity contribution is -0.00699. The quantitative estimate of drug-likeness (QED) is 0.651. The predicted molar refractivity (Wildman–Crippen MR) is 93.1 cm³/mol. The van der Waals surface area contributed by atoms with Crippen molar-refractivity contribution in [1.82, 2.24) is 15.2 Å². The lowest BCUT2D eigenvalue weighted by Gasteiger charge is -2.41. The molecule has 2 heterocycles.